The Kier molecular flexibility index (Phi) is 5.62. The molecule has 0 aromatic heterocycles. The molecule has 2 aliphatic carbocycles. The summed E-state index contributed by atoms with van der Waals surface area (Å²) in [7, 11) is 3.10. The number of benzene rings is 1. The van der Waals surface area contributed by atoms with Crippen LogP contribution in [0.1, 0.15) is 37.7 Å². The van der Waals surface area contributed by atoms with Gasteiger partial charge in [0.15, 0.2) is 5.41 Å². The third-order valence-electron chi connectivity index (χ3n) is 6.45. The largest absolute Gasteiger partial charge is 0.497 e. The van der Waals surface area contributed by atoms with Crippen LogP contribution >= 0.6 is 0 Å². The number of nitriles is 3. The highest BCUT2D eigenvalue weighted by molar-refractivity contribution is 6.01. The highest BCUT2D eigenvalue weighted by Crippen LogP contribution is 2.57. The van der Waals surface area contributed by atoms with Crippen molar-refractivity contribution in [2.75, 3.05) is 14.2 Å². The van der Waals surface area contributed by atoms with E-state index in [0.717, 1.165) is 24.8 Å². The molecule has 4 atom stereocenters. The third-order valence-corrected chi connectivity index (χ3v) is 6.45. The van der Waals surface area contributed by atoms with Crippen molar-refractivity contribution >= 4 is 5.71 Å². The number of allylic oxidation sites excluding steroid dienone is 2. The standard InChI is InChI=1S/C23H24N4O2/c1-4-14-5-7-16-17(9-14)21(18-10-15(28-2)6-8-20(18)29-3)23(12-25,13-26)22(27)19(16)11-24/h6-8,10,14,17,19,21,27H,4-5,9H2,1-3H3/t14-,17-,19?,21-/m0/s1. The summed E-state index contributed by atoms with van der Waals surface area (Å²) in [5, 5.41) is 38.8. The monoisotopic (exact) mass is 388 g/mol. The zero-order valence-electron chi connectivity index (χ0n) is 16.9. The van der Waals surface area contributed by atoms with Gasteiger partial charge in [0, 0.05) is 11.5 Å². The Morgan fingerprint density at radius 1 is 1.17 bits per heavy atom. The van der Waals surface area contributed by atoms with E-state index in [1.165, 1.54) is 0 Å². The average Bonchev–Trinajstić information content (AvgIpc) is 2.77. The Hall–Kier alpha value is -3.30. The van der Waals surface area contributed by atoms with Gasteiger partial charge in [-0.3, -0.25) is 0 Å². The van der Waals surface area contributed by atoms with E-state index in [4.69, 9.17) is 14.9 Å². The summed E-state index contributed by atoms with van der Waals surface area (Å²) < 4.78 is 11.0. The molecular formula is C23H24N4O2. The zero-order valence-corrected chi connectivity index (χ0v) is 16.9. The van der Waals surface area contributed by atoms with Gasteiger partial charge in [-0.15, -0.1) is 0 Å². The molecule has 0 amide bonds. The minimum absolute atomic E-state index is 0.141. The second-order valence-electron chi connectivity index (χ2n) is 7.65. The van der Waals surface area contributed by atoms with Crippen molar-refractivity contribution in [1.82, 2.24) is 0 Å². The van der Waals surface area contributed by atoms with Gasteiger partial charge >= 0.3 is 0 Å². The van der Waals surface area contributed by atoms with Gasteiger partial charge in [-0.1, -0.05) is 19.4 Å². The summed E-state index contributed by atoms with van der Waals surface area (Å²) in [6, 6.07) is 11.7. The van der Waals surface area contributed by atoms with Gasteiger partial charge < -0.3 is 14.9 Å². The summed E-state index contributed by atoms with van der Waals surface area (Å²) in [6.07, 6.45) is 4.65. The van der Waals surface area contributed by atoms with Gasteiger partial charge in [0.05, 0.1) is 38.1 Å². The van der Waals surface area contributed by atoms with E-state index >= 15 is 0 Å². The first-order valence-electron chi connectivity index (χ1n) is 9.74. The number of nitrogens with one attached hydrogen (secondary N) is 1. The predicted octanol–water partition coefficient (Wildman–Crippen LogP) is 4.36. The number of methoxy groups -OCH3 is 2. The van der Waals surface area contributed by atoms with Crippen molar-refractivity contribution < 1.29 is 9.47 Å². The lowest BCUT2D eigenvalue weighted by atomic mass is 9.52. The molecule has 0 spiro atoms. The normalized spacial score (nSPS) is 27.4. The number of ether oxygens (including phenoxy) is 2. The summed E-state index contributed by atoms with van der Waals surface area (Å²) in [6.45, 7) is 2.12. The topological polar surface area (TPSA) is 114 Å². The minimum Gasteiger partial charge on any atom is -0.497 e. The van der Waals surface area contributed by atoms with Crippen molar-refractivity contribution in [2.24, 2.45) is 23.2 Å². The fourth-order valence-corrected chi connectivity index (χ4v) is 4.86. The molecule has 1 aromatic carbocycles. The Morgan fingerprint density at radius 3 is 2.45 bits per heavy atom. The van der Waals surface area contributed by atoms with Gasteiger partial charge in [-0.25, -0.2) is 0 Å². The van der Waals surface area contributed by atoms with Crippen molar-refractivity contribution in [2.45, 2.75) is 32.1 Å². The first-order valence-corrected chi connectivity index (χ1v) is 9.74. The molecule has 3 rings (SSSR count). The fourth-order valence-electron chi connectivity index (χ4n) is 4.86. The minimum atomic E-state index is -1.74. The van der Waals surface area contributed by atoms with Gasteiger partial charge in [-0.05, 0) is 48.4 Å². The molecule has 0 aliphatic heterocycles. The summed E-state index contributed by atoms with van der Waals surface area (Å²) in [4.78, 5) is 0. The van der Waals surface area contributed by atoms with Crippen LogP contribution in [0.25, 0.3) is 0 Å². The fraction of sp³-hybridized carbons (Fsp3) is 0.478. The molecule has 29 heavy (non-hydrogen) atoms. The molecule has 0 bridgehead atoms. The van der Waals surface area contributed by atoms with Crippen LogP contribution in [0.2, 0.25) is 0 Å². The number of fused-ring (bicyclic) bond motifs is 1. The summed E-state index contributed by atoms with van der Waals surface area (Å²) in [5.74, 6) is -0.0951. The van der Waals surface area contributed by atoms with Crippen LogP contribution in [0.3, 0.4) is 0 Å². The maximum Gasteiger partial charge on any atom is 0.189 e. The number of hydrogen-bond acceptors (Lipinski definition) is 6. The molecular weight excluding hydrogens is 364 g/mol. The van der Waals surface area contributed by atoms with Gasteiger partial charge in [0.1, 0.15) is 17.4 Å². The van der Waals surface area contributed by atoms with Crippen LogP contribution in [0.5, 0.6) is 11.5 Å². The molecule has 1 fully saturated rings. The van der Waals surface area contributed by atoms with Crippen molar-refractivity contribution in [1.29, 1.82) is 21.2 Å². The number of nitrogens with zero attached hydrogens (tertiary/aromatic N) is 3. The summed E-state index contributed by atoms with van der Waals surface area (Å²) in [5.41, 5.74) is -0.350. The maximum absolute atomic E-state index is 10.1. The van der Waals surface area contributed by atoms with Crippen LogP contribution in [-0.2, 0) is 0 Å². The van der Waals surface area contributed by atoms with Crippen LogP contribution in [-0.4, -0.2) is 19.9 Å². The van der Waals surface area contributed by atoms with Gasteiger partial charge in [0.25, 0.3) is 0 Å². The first kappa shape index (κ1) is 20.4. The SMILES string of the molecule is CC[C@H]1CC=C2C(C#N)C(=N)C(C#N)(C#N)[C@H](c3cc(OC)ccc3OC)[C@H]2C1. The van der Waals surface area contributed by atoms with Crippen LogP contribution < -0.4 is 9.47 Å². The van der Waals surface area contributed by atoms with E-state index in [1.54, 1.807) is 32.4 Å². The molecule has 0 saturated heterocycles. The number of rotatable bonds is 4. The van der Waals surface area contributed by atoms with Gasteiger partial charge in [-0.2, -0.15) is 15.8 Å². The van der Waals surface area contributed by atoms with Crippen molar-refractivity contribution in [3.63, 3.8) is 0 Å². The zero-order chi connectivity index (χ0) is 21.2. The molecule has 1 unspecified atom stereocenters. The van der Waals surface area contributed by atoms with Crippen molar-refractivity contribution in [3.05, 3.63) is 35.4 Å². The third kappa shape index (κ3) is 3.04. The highest BCUT2D eigenvalue weighted by atomic mass is 16.5. The van der Waals surface area contributed by atoms with Crippen molar-refractivity contribution in [3.8, 4) is 29.7 Å². The average molecular weight is 388 g/mol. The second-order valence-corrected chi connectivity index (χ2v) is 7.65. The van der Waals surface area contributed by atoms with Crippen LogP contribution in [0.15, 0.2) is 29.8 Å². The second kappa shape index (κ2) is 7.98. The lowest BCUT2D eigenvalue weighted by molar-refractivity contribution is 0.264. The Labute approximate surface area is 171 Å². The van der Waals surface area contributed by atoms with E-state index in [1.807, 2.05) is 0 Å². The molecule has 2 aliphatic rings. The maximum atomic E-state index is 10.1. The molecule has 1 aromatic rings. The first-order chi connectivity index (χ1) is 14.0. The van der Waals surface area contributed by atoms with E-state index < -0.39 is 17.3 Å². The molecule has 6 heteroatoms. The Bertz CT molecular complexity index is 962. The smallest absolute Gasteiger partial charge is 0.189 e. The molecule has 6 nitrogen and oxygen atoms in total. The van der Waals surface area contributed by atoms with E-state index in [9.17, 15) is 15.8 Å². The quantitative estimate of drug-likeness (QED) is 0.770. The Morgan fingerprint density at radius 2 is 1.90 bits per heavy atom. The Balaban J connectivity index is 2.32. The summed E-state index contributed by atoms with van der Waals surface area (Å²) >= 11 is 0. The lowest BCUT2D eigenvalue weighted by Gasteiger charge is -2.47. The molecule has 1 saturated carbocycles. The molecule has 148 valence electrons. The molecule has 0 radical (unpaired) electrons. The van der Waals surface area contributed by atoms with E-state index in [2.05, 4.69) is 31.2 Å². The van der Waals surface area contributed by atoms with Crippen LogP contribution in [0, 0.1) is 62.6 Å². The number of hydrogen-bond donors (Lipinski definition) is 1. The lowest BCUT2D eigenvalue weighted by Crippen LogP contribution is -2.49. The highest BCUT2D eigenvalue weighted by Gasteiger charge is 2.58. The van der Waals surface area contributed by atoms with Gasteiger partial charge in [0.2, 0.25) is 0 Å². The van der Waals surface area contributed by atoms with E-state index in [0.29, 0.717) is 23.0 Å². The molecule has 0 heterocycles. The molecule has 1 N–H and O–H groups in total. The van der Waals surface area contributed by atoms with E-state index in [-0.39, 0.29) is 11.6 Å². The predicted molar refractivity (Wildman–Crippen MR) is 107 cm³/mol. The van der Waals surface area contributed by atoms with Crippen LogP contribution in [0.4, 0.5) is 0 Å².